The molecule has 0 radical (unpaired) electrons. The van der Waals surface area contributed by atoms with Crippen LogP contribution in [0.1, 0.15) is 44.9 Å². The fourth-order valence-corrected chi connectivity index (χ4v) is 2.80. The molecular formula is C13H24N2O2. The van der Waals surface area contributed by atoms with Crippen LogP contribution in [-0.4, -0.2) is 31.2 Å². The van der Waals surface area contributed by atoms with Crippen LogP contribution in [0.15, 0.2) is 0 Å². The van der Waals surface area contributed by atoms with E-state index in [9.17, 15) is 4.79 Å². The molecule has 2 rings (SSSR count). The van der Waals surface area contributed by atoms with Crippen molar-refractivity contribution in [2.75, 3.05) is 13.2 Å². The maximum absolute atomic E-state index is 11.9. The molecule has 2 aliphatic rings. The van der Waals surface area contributed by atoms with Crippen LogP contribution < -0.4 is 11.1 Å². The molecule has 1 aliphatic carbocycles. The van der Waals surface area contributed by atoms with Crippen molar-refractivity contribution in [3.63, 3.8) is 0 Å². The molecule has 1 saturated heterocycles. The molecule has 0 aromatic carbocycles. The molecule has 0 aromatic rings. The Labute approximate surface area is 103 Å². The summed E-state index contributed by atoms with van der Waals surface area (Å²) in [5.41, 5.74) is 5.86. The van der Waals surface area contributed by atoms with Crippen molar-refractivity contribution in [1.29, 1.82) is 0 Å². The van der Waals surface area contributed by atoms with E-state index in [2.05, 4.69) is 5.32 Å². The van der Waals surface area contributed by atoms with E-state index in [1.165, 1.54) is 0 Å². The lowest BCUT2D eigenvalue weighted by molar-refractivity contribution is -0.123. The summed E-state index contributed by atoms with van der Waals surface area (Å²) in [7, 11) is 0. The highest BCUT2D eigenvalue weighted by Crippen LogP contribution is 2.25. The third kappa shape index (κ3) is 4.28. The average molecular weight is 240 g/mol. The van der Waals surface area contributed by atoms with Crippen LogP contribution in [0.2, 0.25) is 0 Å². The topological polar surface area (TPSA) is 64.4 Å². The molecule has 1 heterocycles. The number of nitrogens with one attached hydrogen (secondary N) is 1. The van der Waals surface area contributed by atoms with E-state index in [0.29, 0.717) is 25.0 Å². The Morgan fingerprint density at radius 1 is 1.24 bits per heavy atom. The number of amides is 1. The van der Waals surface area contributed by atoms with Gasteiger partial charge >= 0.3 is 0 Å². The van der Waals surface area contributed by atoms with Crippen LogP contribution in [0, 0.1) is 5.92 Å². The number of carbonyl (C=O) groups excluding carboxylic acids is 1. The molecule has 0 bridgehead atoms. The number of carbonyl (C=O) groups is 1. The minimum absolute atomic E-state index is 0.195. The second-order valence-electron chi connectivity index (χ2n) is 5.47. The van der Waals surface area contributed by atoms with Crippen molar-refractivity contribution in [2.45, 2.75) is 57.0 Å². The monoisotopic (exact) mass is 240 g/mol. The molecule has 1 amide bonds. The molecule has 1 saturated carbocycles. The predicted octanol–water partition coefficient (Wildman–Crippen LogP) is 1.19. The van der Waals surface area contributed by atoms with Gasteiger partial charge in [-0.1, -0.05) is 0 Å². The van der Waals surface area contributed by atoms with Crippen LogP contribution in [-0.2, 0) is 9.53 Å². The fourth-order valence-electron chi connectivity index (χ4n) is 2.80. The Bertz CT molecular complexity index is 244. The lowest BCUT2D eigenvalue weighted by Gasteiger charge is -2.27. The normalized spacial score (nSPS) is 34.3. The number of ether oxygens (including phenoxy) is 1. The van der Waals surface area contributed by atoms with Crippen molar-refractivity contribution in [2.24, 2.45) is 11.7 Å². The van der Waals surface area contributed by atoms with Gasteiger partial charge < -0.3 is 15.8 Å². The maximum Gasteiger partial charge on any atom is 0.220 e. The SMILES string of the molecule is NC1CCC(CC(=O)NC2CCCOC2)CC1. The molecule has 0 spiro atoms. The molecule has 17 heavy (non-hydrogen) atoms. The molecule has 1 aliphatic heterocycles. The Kier molecular flexibility index (Phi) is 4.80. The lowest BCUT2D eigenvalue weighted by atomic mass is 9.84. The maximum atomic E-state index is 11.9. The van der Waals surface area contributed by atoms with Crippen LogP contribution in [0.3, 0.4) is 0 Å². The Balaban J connectivity index is 1.66. The predicted molar refractivity (Wildman–Crippen MR) is 66.5 cm³/mol. The second kappa shape index (κ2) is 6.36. The molecular weight excluding hydrogens is 216 g/mol. The van der Waals surface area contributed by atoms with Gasteiger partial charge in [0.2, 0.25) is 5.91 Å². The number of rotatable bonds is 3. The van der Waals surface area contributed by atoms with Crippen molar-refractivity contribution >= 4 is 5.91 Å². The van der Waals surface area contributed by atoms with Crippen LogP contribution in [0.4, 0.5) is 0 Å². The van der Waals surface area contributed by atoms with Gasteiger partial charge in [-0.05, 0) is 44.4 Å². The lowest BCUT2D eigenvalue weighted by Crippen LogP contribution is -2.41. The van der Waals surface area contributed by atoms with Crippen LogP contribution in [0.5, 0.6) is 0 Å². The zero-order valence-corrected chi connectivity index (χ0v) is 10.5. The van der Waals surface area contributed by atoms with Crippen molar-refractivity contribution in [1.82, 2.24) is 5.32 Å². The number of hydrogen-bond acceptors (Lipinski definition) is 3. The summed E-state index contributed by atoms with van der Waals surface area (Å²) in [6.07, 6.45) is 7.15. The van der Waals surface area contributed by atoms with E-state index in [4.69, 9.17) is 10.5 Å². The van der Waals surface area contributed by atoms with Crippen molar-refractivity contribution in [3.8, 4) is 0 Å². The Morgan fingerprint density at radius 2 is 2.00 bits per heavy atom. The first kappa shape index (κ1) is 12.8. The van der Waals surface area contributed by atoms with E-state index >= 15 is 0 Å². The van der Waals surface area contributed by atoms with Gasteiger partial charge in [-0.3, -0.25) is 4.79 Å². The summed E-state index contributed by atoms with van der Waals surface area (Å²) in [6.45, 7) is 1.52. The average Bonchev–Trinajstić information content (AvgIpc) is 2.33. The highest BCUT2D eigenvalue weighted by Gasteiger charge is 2.22. The molecule has 0 aromatic heterocycles. The second-order valence-corrected chi connectivity index (χ2v) is 5.47. The first-order valence-corrected chi connectivity index (χ1v) is 6.86. The first-order chi connectivity index (χ1) is 8.24. The van der Waals surface area contributed by atoms with Gasteiger partial charge in [-0.2, -0.15) is 0 Å². The van der Waals surface area contributed by atoms with E-state index in [1.807, 2.05) is 0 Å². The summed E-state index contributed by atoms with van der Waals surface area (Å²) >= 11 is 0. The van der Waals surface area contributed by atoms with Gasteiger partial charge in [-0.25, -0.2) is 0 Å². The molecule has 1 atom stereocenters. The summed E-state index contributed by atoms with van der Waals surface area (Å²) < 4.78 is 5.36. The summed E-state index contributed by atoms with van der Waals surface area (Å²) in [6, 6.07) is 0.600. The van der Waals surface area contributed by atoms with Gasteiger partial charge in [0.05, 0.1) is 12.6 Å². The first-order valence-electron chi connectivity index (χ1n) is 6.86. The van der Waals surface area contributed by atoms with Crippen LogP contribution in [0.25, 0.3) is 0 Å². The third-order valence-corrected chi connectivity index (χ3v) is 3.89. The Hall–Kier alpha value is -0.610. The van der Waals surface area contributed by atoms with E-state index in [0.717, 1.165) is 45.1 Å². The summed E-state index contributed by atoms with van der Waals surface area (Å²) in [5, 5.41) is 3.08. The zero-order valence-electron chi connectivity index (χ0n) is 10.5. The minimum atomic E-state index is 0.195. The number of hydrogen-bond donors (Lipinski definition) is 2. The molecule has 4 nitrogen and oxygen atoms in total. The van der Waals surface area contributed by atoms with Crippen molar-refractivity contribution in [3.05, 3.63) is 0 Å². The summed E-state index contributed by atoms with van der Waals surface area (Å²) in [4.78, 5) is 11.9. The van der Waals surface area contributed by atoms with E-state index < -0.39 is 0 Å². The highest BCUT2D eigenvalue weighted by molar-refractivity contribution is 5.76. The quantitative estimate of drug-likeness (QED) is 0.779. The smallest absolute Gasteiger partial charge is 0.220 e. The molecule has 1 unspecified atom stereocenters. The molecule has 2 fully saturated rings. The van der Waals surface area contributed by atoms with Gasteiger partial charge in [0, 0.05) is 19.1 Å². The van der Waals surface area contributed by atoms with Gasteiger partial charge in [0.1, 0.15) is 0 Å². The van der Waals surface area contributed by atoms with Gasteiger partial charge in [-0.15, -0.1) is 0 Å². The van der Waals surface area contributed by atoms with Gasteiger partial charge in [0.25, 0.3) is 0 Å². The minimum Gasteiger partial charge on any atom is -0.379 e. The fraction of sp³-hybridized carbons (Fsp3) is 0.923. The molecule has 3 N–H and O–H groups in total. The van der Waals surface area contributed by atoms with Crippen LogP contribution >= 0.6 is 0 Å². The third-order valence-electron chi connectivity index (χ3n) is 3.89. The van der Waals surface area contributed by atoms with Crippen molar-refractivity contribution < 1.29 is 9.53 Å². The van der Waals surface area contributed by atoms with Gasteiger partial charge in [0.15, 0.2) is 0 Å². The van der Waals surface area contributed by atoms with E-state index in [-0.39, 0.29) is 11.9 Å². The van der Waals surface area contributed by atoms with E-state index in [1.54, 1.807) is 0 Å². The Morgan fingerprint density at radius 3 is 2.65 bits per heavy atom. The standard InChI is InChI=1S/C13H24N2O2/c14-11-5-3-10(4-6-11)8-13(16)15-12-2-1-7-17-9-12/h10-12H,1-9,14H2,(H,15,16). The molecule has 4 heteroatoms. The molecule has 98 valence electrons. The summed E-state index contributed by atoms with van der Waals surface area (Å²) in [5.74, 6) is 0.736. The largest absolute Gasteiger partial charge is 0.379 e. The zero-order chi connectivity index (χ0) is 12.1. The number of nitrogens with two attached hydrogens (primary N) is 1. The highest BCUT2D eigenvalue weighted by atomic mass is 16.5.